The van der Waals surface area contributed by atoms with E-state index in [1.807, 2.05) is 0 Å². The number of hydrogen-bond acceptors (Lipinski definition) is 1. The molecule has 0 spiro atoms. The quantitative estimate of drug-likeness (QED) is 0.168. The van der Waals surface area contributed by atoms with Crippen molar-refractivity contribution in [2.75, 3.05) is 6.61 Å². The van der Waals surface area contributed by atoms with Crippen molar-refractivity contribution >= 4 is 29.6 Å². The average molecular weight is 444 g/mol. The lowest BCUT2D eigenvalue weighted by Gasteiger charge is -2.26. The van der Waals surface area contributed by atoms with Crippen LogP contribution < -0.4 is 4.74 Å². The Morgan fingerprint density at radius 3 is 2.46 bits per heavy atom. The van der Waals surface area contributed by atoms with Crippen molar-refractivity contribution in [1.82, 2.24) is 0 Å². The highest BCUT2D eigenvalue weighted by Crippen LogP contribution is 2.40. The van der Waals surface area contributed by atoms with Crippen molar-refractivity contribution in [3.8, 4) is 5.75 Å². The SMILES string of the molecule is CCCCCC(CCC)c1ccc(OCCC[SiH](Cl)Cl)c(C2CCCCC2)c1. The second kappa shape index (κ2) is 13.9. The van der Waals surface area contributed by atoms with E-state index in [-0.39, 0.29) is 0 Å². The molecule has 1 nitrogen and oxygen atoms in total. The van der Waals surface area contributed by atoms with Crippen molar-refractivity contribution in [2.24, 2.45) is 0 Å². The van der Waals surface area contributed by atoms with Crippen LogP contribution in [-0.4, -0.2) is 14.0 Å². The highest BCUT2D eigenvalue weighted by molar-refractivity contribution is 7.33. The van der Waals surface area contributed by atoms with E-state index in [2.05, 4.69) is 32.0 Å². The highest BCUT2D eigenvalue weighted by Gasteiger charge is 2.21. The fraction of sp³-hybridized carbons (Fsp3) is 0.750. The Kier molecular flexibility index (Phi) is 12.0. The molecule has 0 radical (unpaired) electrons. The summed E-state index contributed by atoms with van der Waals surface area (Å²) in [5.74, 6) is 2.49. The van der Waals surface area contributed by atoms with Gasteiger partial charge in [-0.05, 0) is 67.2 Å². The van der Waals surface area contributed by atoms with Gasteiger partial charge in [-0.3, -0.25) is 0 Å². The van der Waals surface area contributed by atoms with Gasteiger partial charge in [-0.25, -0.2) is 0 Å². The summed E-state index contributed by atoms with van der Waals surface area (Å²) in [5, 5.41) is 0. The number of unbranched alkanes of at least 4 members (excludes halogenated alkanes) is 2. The number of halogens is 2. The Morgan fingerprint density at radius 2 is 1.79 bits per heavy atom. The fourth-order valence-corrected chi connectivity index (χ4v) is 5.97. The summed E-state index contributed by atoms with van der Waals surface area (Å²) in [5.41, 5.74) is 3.01. The van der Waals surface area contributed by atoms with Crippen LogP contribution in [0.5, 0.6) is 5.75 Å². The lowest BCUT2D eigenvalue weighted by Crippen LogP contribution is -2.10. The molecule has 28 heavy (non-hydrogen) atoms. The lowest BCUT2D eigenvalue weighted by molar-refractivity contribution is 0.307. The van der Waals surface area contributed by atoms with Crippen LogP contribution >= 0.6 is 22.2 Å². The molecule has 1 aromatic rings. The second-order valence-electron chi connectivity index (χ2n) is 8.50. The van der Waals surface area contributed by atoms with E-state index in [4.69, 9.17) is 26.9 Å². The maximum atomic E-state index is 6.24. The average Bonchev–Trinajstić information content (AvgIpc) is 2.71. The molecule has 1 aliphatic rings. The normalized spacial score (nSPS) is 16.5. The number of ether oxygens (including phenoxy) is 1. The third kappa shape index (κ3) is 8.28. The Bertz CT molecular complexity index is 543. The third-order valence-electron chi connectivity index (χ3n) is 6.17. The summed E-state index contributed by atoms with van der Waals surface area (Å²) in [7, 11) is -1.52. The molecule has 1 atom stereocenters. The smallest absolute Gasteiger partial charge is 0.237 e. The standard InChI is InChI=1S/C24H40Cl2OSi/c1-3-5-7-12-20(11-4-2)22-15-16-24(27-17-10-18-28(25)26)23(19-22)21-13-8-6-9-14-21/h15-16,19-21,28H,3-14,17-18H2,1-2H3. The summed E-state index contributed by atoms with van der Waals surface area (Å²) in [6.45, 7) is 5.34. The Morgan fingerprint density at radius 1 is 1.00 bits per heavy atom. The molecule has 0 aromatic heterocycles. The van der Waals surface area contributed by atoms with Gasteiger partial charge >= 0.3 is 0 Å². The first-order valence-corrected chi connectivity index (χ1v) is 16.0. The molecule has 4 heteroatoms. The fourth-order valence-electron chi connectivity index (χ4n) is 4.57. The molecule has 1 aromatic carbocycles. The van der Waals surface area contributed by atoms with E-state index >= 15 is 0 Å². The number of rotatable bonds is 13. The summed E-state index contributed by atoms with van der Waals surface area (Å²) in [4.78, 5) is 0. The van der Waals surface area contributed by atoms with Crippen LogP contribution in [-0.2, 0) is 0 Å². The van der Waals surface area contributed by atoms with Crippen LogP contribution in [0, 0.1) is 0 Å². The van der Waals surface area contributed by atoms with Gasteiger partial charge in [0.25, 0.3) is 0 Å². The monoisotopic (exact) mass is 442 g/mol. The molecule has 0 heterocycles. The molecule has 1 fully saturated rings. The van der Waals surface area contributed by atoms with Crippen LogP contribution in [0.4, 0.5) is 0 Å². The third-order valence-corrected chi connectivity index (χ3v) is 8.32. The molecule has 2 rings (SSSR count). The Balaban J connectivity index is 2.15. The summed E-state index contributed by atoms with van der Waals surface area (Å²) >= 11 is 12.0. The Labute approximate surface area is 184 Å². The zero-order valence-electron chi connectivity index (χ0n) is 18.0. The number of hydrogen-bond donors (Lipinski definition) is 0. The summed E-state index contributed by atoms with van der Waals surface area (Å²) in [6.07, 6.45) is 15.6. The van der Waals surface area contributed by atoms with E-state index in [9.17, 15) is 0 Å². The molecule has 1 aliphatic carbocycles. The lowest BCUT2D eigenvalue weighted by atomic mass is 9.81. The van der Waals surface area contributed by atoms with Crippen LogP contribution in [0.2, 0.25) is 6.04 Å². The van der Waals surface area contributed by atoms with Gasteiger partial charge in [0.05, 0.1) is 6.61 Å². The van der Waals surface area contributed by atoms with Gasteiger partial charge in [0.1, 0.15) is 5.75 Å². The molecular weight excluding hydrogens is 403 g/mol. The molecule has 0 N–H and O–H groups in total. The predicted octanol–water partition coefficient (Wildman–Crippen LogP) is 8.67. The van der Waals surface area contributed by atoms with E-state index < -0.39 is 7.42 Å². The van der Waals surface area contributed by atoms with E-state index in [0.29, 0.717) is 11.8 Å². The molecule has 160 valence electrons. The maximum absolute atomic E-state index is 6.24. The molecule has 0 bridgehead atoms. The molecule has 0 saturated heterocycles. The van der Waals surface area contributed by atoms with Crippen molar-refractivity contribution in [3.05, 3.63) is 29.3 Å². The highest BCUT2D eigenvalue weighted by atomic mass is 35.7. The molecule has 1 unspecified atom stereocenters. The summed E-state index contributed by atoms with van der Waals surface area (Å²) < 4.78 is 6.24. The van der Waals surface area contributed by atoms with Crippen LogP contribution in [0.3, 0.4) is 0 Å². The minimum Gasteiger partial charge on any atom is -0.493 e. The van der Waals surface area contributed by atoms with Gasteiger partial charge in [0.15, 0.2) is 0 Å². The van der Waals surface area contributed by atoms with Gasteiger partial charge in [0.2, 0.25) is 7.42 Å². The largest absolute Gasteiger partial charge is 0.493 e. The molecular formula is C24H40Cl2OSi. The van der Waals surface area contributed by atoms with Crippen molar-refractivity contribution in [1.29, 1.82) is 0 Å². The first-order valence-electron chi connectivity index (χ1n) is 11.7. The van der Waals surface area contributed by atoms with Crippen molar-refractivity contribution in [2.45, 2.75) is 109 Å². The van der Waals surface area contributed by atoms with Crippen LogP contribution in [0.25, 0.3) is 0 Å². The van der Waals surface area contributed by atoms with Gasteiger partial charge in [-0.15, -0.1) is 0 Å². The van der Waals surface area contributed by atoms with E-state index in [0.717, 1.165) is 24.8 Å². The second-order valence-corrected chi connectivity index (χ2v) is 13.7. The van der Waals surface area contributed by atoms with Gasteiger partial charge in [0, 0.05) is 0 Å². The first kappa shape index (κ1) is 24.1. The van der Waals surface area contributed by atoms with Crippen molar-refractivity contribution < 1.29 is 4.74 Å². The predicted molar refractivity (Wildman–Crippen MR) is 128 cm³/mol. The number of benzene rings is 1. The molecule has 1 saturated carbocycles. The molecule has 0 amide bonds. The maximum Gasteiger partial charge on any atom is 0.237 e. The van der Waals surface area contributed by atoms with Gasteiger partial charge < -0.3 is 4.74 Å². The summed E-state index contributed by atoms with van der Waals surface area (Å²) in [6, 6.07) is 8.04. The van der Waals surface area contributed by atoms with Crippen LogP contribution in [0.15, 0.2) is 18.2 Å². The van der Waals surface area contributed by atoms with Gasteiger partial charge in [-0.1, -0.05) is 70.9 Å². The Hall–Kier alpha value is -0.183. The minimum atomic E-state index is -1.52. The minimum absolute atomic E-state index is 0.671. The van der Waals surface area contributed by atoms with Gasteiger partial charge in [-0.2, -0.15) is 22.2 Å². The van der Waals surface area contributed by atoms with Crippen molar-refractivity contribution in [3.63, 3.8) is 0 Å². The molecule has 0 aliphatic heterocycles. The van der Waals surface area contributed by atoms with E-state index in [1.54, 1.807) is 5.56 Å². The van der Waals surface area contributed by atoms with E-state index in [1.165, 1.54) is 76.2 Å². The zero-order chi connectivity index (χ0) is 20.2. The first-order chi connectivity index (χ1) is 13.7. The van der Waals surface area contributed by atoms with Crippen LogP contribution in [0.1, 0.15) is 114 Å². The zero-order valence-corrected chi connectivity index (χ0v) is 20.7. The topological polar surface area (TPSA) is 9.23 Å².